The van der Waals surface area contributed by atoms with E-state index in [0.717, 1.165) is 64.2 Å². The van der Waals surface area contributed by atoms with E-state index in [1.807, 2.05) is 13.0 Å². The minimum Gasteiger partial charge on any atom is -0.481 e. The number of hydrogen-bond donors (Lipinski definition) is 2. The Labute approximate surface area is 162 Å². The molecule has 0 spiro atoms. The van der Waals surface area contributed by atoms with Crippen LogP contribution >= 0.6 is 0 Å². The molecule has 1 aliphatic carbocycles. The lowest BCUT2D eigenvalue weighted by Crippen LogP contribution is -2.30. The highest BCUT2D eigenvalue weighted by atomic mass is 17.2. The van der Waals surface area contributed by atoms with Crippen LogP contribution in [0.3, 0.4) is 0 Å². The Morgan fingerprint density at radius 3 is 2.59 bits per heavy atom. The van der Waals surface area contributed by atoms with Crippen molar-refractivity contribution in [3.8, 4) is 0 Å². The van der Waals surface area contributed by atoms with Crippen LogP contribution in [0.15, 0.2) is 12.2 Å². The van der Waals surface area contributed by atoms with Crippen LogP contribution in [0.2, 0.25) is 0 Å². The molecule has 0 amide bonds. The highest BCUT2D eigenvalue weighted by Crippen LogP contribution is 2.45. The molecule has 2 fully saturated rings. The predicted molar refractivity (Wildman–Crippen MR) is 102 cm³/mol. The van der Waals surface area contributed by atoms with E-state index in [0.29, 0.717) is 5.92 Å². The molecule has 1 unspecified atom stereocenters. The molecule has 2 N–H and O–H groups in total. The van der Waals surface area contributed by atoms with Crippen LogP contribution in [0.4, 0.5) is 0 Å². The SMILES string of the molecule is CCCCCC(C)(C=C[C@@H]1[C@@H](CCCCCCC(=O)O)[C@H]2C[C@H]1OO2)OO. The van der Waals surface area contributed by atoms with Gasteiger partial charge >= 0.3 is 5.97 Å². The summed E-state index contributed by atoms with van der Waals surface area (Å²) in [7, 11) is 0. The van der Waals surface area contributed by atoms with E-state index >= 15 is 0 Å². The summed E-state index contributed by atoms with van der Waals surface area (Å²) >= 11 is 0. The summed E-state index contributed by atoms with van der Waals surface area (Å²) < 4.78 is 0. The first-order valence-electron chi connectivity index (χ1n) is 10.5. The molecule has 27 heavy (non-hydrogen) atoms. The third kappa shape index (κ3) is 6.86. The summed E-state index contributed by atoms with van der Waals surface area (Å²) in [6.45, 7) is 4.08. The van der Waals surface area contributed by atoms with Crippen molar-refractivity contribution in [2.24, 2.45) is 11.8 Å². The first-order chi connectivity index (χ1) is 13.0. The van der Waals surface area contributed by atoms with E-state index in [9.17, 15) is 10.1 Å². The van der Waals surface area contributed by atoms with E-state index in [-0.39, 0.29) is 24.5 Å². The maximum atomic E-state index is 10.6. The second kappa shape index (κ2) is 11.1. The average Bonchev–Trinajstić information content (AvgIpc) is 3.24. The molecule has 1 saturated carbocycles. The van der Waals surface area contributed by atoms with Crippen LogP contribution in [0.5, 0.6) is 0 Å². The molecule has 5 atom stereocenters. The second-order valence-electron chi connectivity index (χ2n) is 8.31. The summed E-state index contributed by atoms with van der Waals surface area (Å²) in [5, 5.41) is 18.1. The zero-order valence-electron chi connectivity index (χ0n) is 16.8. The summed E-state index contributed by atoms with van der Waals surface area (Å²) in [4.78, 5) is 26.3. The van der Waals surface area contributed by atoms with Gasteiger partial charge in [0, 0.05) is 18.8 Å². The number of rotatable bonds is 14. The number of fused-ring (bicyclic) bond motifs is 2. The number of carbonyl (C=O) groups is 1. The van der Waals surface area contributed by atoms with Crippen LogP contribution in [0.1, 0.15) is 84.5 Å². The lowest BCUT2D eigenvalue weighted by molar-refractivity contribution is -0.337. The van der Waals surface area contributed by atoms with Crippen molar-refractivity contribution in [3.05, 3.63) is 12.2 Å². The van der Waals surface area contributed by atoms with Gasteiger partial charge in [-0.05, 0) is 32.1 Å². The quantitative estimate of drug-likeness (QED) is 0.187. The molecular formula is C21H36O6. The zero-order chi connectivity index (χ0) is 19.7. The molecule has 0 radical (unpaired) electrons. The van der Waals surface area contributed by atoms with Crippen LogP contribution in [0, 0.1) is 11.8 Å². The summed E-state index contributed by atoms with van der Waals surface area (Å²) in [5.41, 5.74) is -0.654. The Kier molecular flexibility index (Phi) is 9.22. The number of hydrogen-bond acceptors (Lipinski definition) is 5. The van der Waals surface area contributed by atoms with Crippen molar-refractivity contribution in [2.75, 3.05) is 0 Å². The molecule has 2 rings (SSSR count). The van der Waals surface area contributed by atoms with Crippen LogP contribution in [-0.2, 0) is 19.5 Å². The minimum absolute atomic E-state index is 0.0850. The summed E-state index contributed by atoms with van der Waals surface area (Å²) in [6, 6.07) is 0. The molecule has 156 valence electrons. The van der Waals surface area contributed by atoms with Gasteiger partial charge in [0.1, 0.15) is 11.7 Å². The third-order valence-electron chi connectivity index (χ3n) is 6.00. The smallest absolute Gasteiger partial charge is 0.303 e. The third-order valence-corrected chi connectivity index (χ3v) is 6.00. The van der Waals surface area contributed by atoms with Crippen molar-refractivity contribution < 1.29 is 29.8 Å². The van der Waals surface area contributed by atoms with Crippen molar-refractivity contribution >= 4 is 5.97 Å². The maximum absolute atomic E-state index is 10.6. The topological polar surface area (TPSA) is 85.2 Å². The van der Waals surface area contributed by atoms with E-state index in [1.165, 1.54) is 0 Å². The number of carboxylic acid groups (broad SMARTS) is 1. The molecule has 1 saturated heterocycles. The molecule has 2 bridgehead atoms. The first kappa shape index (κ1) is 22.3. The summed E-state index contributed by atoms with van der Waals surface area (Å²) in [5.74, 6) is -0.0200. The Morgan fingerprint density at radius 1 is 1.15 bits per heavy atom. The lowest BCUT2D eigenvalue weighted by Gasteiger charge is -2.29. The molecule has 6 heteroatoms. The number of carboxylic acids is 1. The Hall–Kier alpha value is -0.950. The van der Waals surface area contributed by atoms with Crippen molar-refractivity contribution in [1.29, 1.82) is 0 Å². The van der Waals surface area contributed by atoms with Gasteiger partial charge in [0.2, 0.25) is 0 Å². The van der Waals surface area contributed by atoms with Crippen molar-refractivity contribution in [1.82, 2.24) is 0 Å². The Morgan fingerprint density at radius 2 is 1.89 bits per heavy atom. The van der Waals surface area contributed by atoms with E-state index < -0.39 is 11.6 Å². The molecule has 0 aromatic rings. The molecular weight excluding hydrogens is 348 g/mol. The largest absolute Gasteiger partial charge is 0.481 e. The fraction of sp³-hybridized carbons (Fsp3) is 0.857. The highest BCUT2D eigenvalue weighted by Gasteiger charge is 2.49. The van der Waals surface area contributed by atoms with Gasteiger partial charge in [-0.1, -0.05) is 57.6 Å². The van der Waals surface area contributed by atoms with E-state index in [4.69, 9.17) is 19.8 Å². The molecule has 6 nitrogen and oxygen atoms in total. The van der Waals surface area contributed by atoms with Crippen LogP contribution < -0.4 is 0 Å². The minimum atomic E-state index is -0.716. The summed E-state index contributed by atoms with van der Waals surface area (Å²) in [6.07, 6.45) is 14.5. The van der Waals surface area contributed by atoms with Crippen LogP contribution in [0.25, 0.3) is 0 Å². The standard InChI is InChI=1S/C21H36O6/c1-3-4-9-13-21(2,27-24)14-12-17-16(18-15-19(17)26-25-18)10-7-5-6-8-11-20(22)23/h12,14,16-19,24H,3-11,13,15H2,1-2H3,(H,22,23)/t16-,17-,18-,19-,21?/m1/s1. The fourth-order valence-electron chi connectivity index (χ4n) is 4.30. The van der Waals surface area contributed by atoms with Gasteiger partial charge in [-0.15, -0.1) is 0 Å². The van der Waals surface area contributed by atoms with Gasteiger partial charge in [0.15, 0.2) is 0 Å². The highest BCUT2D eigenvalue weighted by molar-refractivity contribution is 5.66. The van der Waals surface area contributed by atoms with E-state index in [2.05, 4.69) is 13.0 Å². The van der Waals surface area contributed by atoms with Gasteiger partial charge in [0.05, 0.1) is 6.10 Å². The van der Waals surface area contributed by atoms with Gasteiger partial charge in [-0.2, -0.15) is 0 Å². The monoisotopic (exact) mass is 384 g/mol. The first-order valence-corrected chi connectivity index (χ1v) is 10.5. The lowest BCUT2D eigenvalue weighted by atomic mass is 9.86. The zero-order valence-corrected chi connectivity index (χ0v) is 16.8. The number of aliphatic carboxylic acids is 1. The molecule has 2 aliphatic rings. The van der Waals surface area contributed by atoms with Crippen molar-refractivity contribution in [3.63, 3.8) is 0 Å². The van der Waals surface area contributed by atoms with Crippen molar-refractivity contribution in [2.45, 2.75) is 102 Å². The van der Waals surface area contributed by atoms with E-state index in [1.54, 1.807) is 0 Å². The average molecular weight is 385 g/mol. The molecule has 1 aliphatic heterocycles. The van der Waals surface area contributed by atoms with Gasteiger partial charge in [-0.25, -0.2) is 14.7 Å². The molecule has 0 aromatic heterocycles. The van der Waals surface area contributed by atoms with Gasteiger partial charge in [0.25, 0.3) is 0 Å². The Bertz CT molecular complexity index is 479. The normalized spacial score (nSPS) is 29.4. The van der Waals surface area contributed by atoms with Gasteiger partial charge in [-0.3, -0.25) is 10.1 Å². The van der Waals surface area contributed by atoms with Crippen LogP contribution in [-0.4, -0.2) is 34.1 Å². The van der Waals surface area contributed by atoms with Gasteiger partial charge < -0.3 is 5.11 Å². The fourth-order valence-corrected chi connectivity index (χ4v) is 4.30. The maximum Gasteiger partial charge on any atom is 0.303 e. The molecule has 0 aromatic carbocycles. The molecule has 1 heterocycles. The predicted octanol–water partition coefficient (Wildman–Crippen LogP) is 5.13. The second-order valence-corrected chi connectivity index (χ2v) is 8.31. The number of unbranched alkanes of at least 4 members (excludes halogenated alkanes) is 5. The Balaban J connectivity index is 1.83.